The summed E-state index contributed by atoms with van der Waals surface area (Å²) in [6.45, 7) is 13.1. The van der Waals surface area contributed by atoms with Gasteiger partial charge in [0.15, 0.2) is 5.96 Å². The van der Waals surface area contributed by atoms with Crippen molar-refractivity contribution in [2.24, 2.45) is 10.9 Å². The highest BCUT2D eigenvalue weighted by atomic mass is 127. The van der Waals surface area contributed by atoms with Crippen molar-refractivity contribution in [3.63, 3.8) is 0 Å². The van der Waals surface area contributed by atoms with Crippen LogP contribution in [0.4, 0.5) is 0 Å². The van der Waals surface area contributed by atoms with Gasteiger partial charge in [-0.05, 0) is 39.5 Å². The van der Waals surface area contributed by atoms with Gasteiger partial charge in [0, 0.05) is 31.7 Å². The van der Waals surface area contributed by atoms with Gasteiger partial charge in [-0.15, -0.1) is 24.0 Å². The molecule has 2 rings (SSSR count). The third-order valence-electron chi connectivity index (χ3n) is 4.61. The number of nitrogens with one attached hydrogen (secondary N) is 2. The lowest BCUT2D eigenvalue weighted by Crippen LogP contribution is -2.52. The molecular formula is C17H35IN4O. The largest absolute Gasteiger partial charge is 0.379 e. The molecule has 0 unspecified atom stereocenters. The Morgan fingerprint density at radius 3 is 2.52 bits per heavy atom. The zero-order valence-corrected chi connectivity index (χ0v) is 17.4. The second-order valence-corrected chi connectivity index (χ2v) is 7.12. The highest BCUT2D eigenvalue weighted by Gasteiger charge is 2.28. The van der Waals surface area contributed by atoms with E-state index in [1.807, 2.05) is 0 Å². The number of ether oxygens (including phenoxy) is 1. The molecule has 136 valence electrons. The SMILES string of the molecule is CCNC(=NCC(C)(C)N1CCOCC1)NCCCC1CC1.I. The zero-order chi connectivity index (χ0) is 15.8. The van der Waals surface area contributed by atoms with Gasteiger partial charge in [0.25, 0.3) is 0 Å². The fourth-order valence-electron chi connectivity index (χ4n) is 2.89. The van der Waals surface area contributed by atoms with Gasteiger partial charge in [-0.1, -0.05) is 12.8 Å². The van der Waals surface area contributed by atoms with E-state index >= 15 is 0 Å². The van der Waals surface area contributed by atoms with Gasteiger partial charge in [0.2, 0.25) is 0 Å². The van der Waals surface area contributed by atoms with E-state index in [1.165, 1.54) is 25.7 Å². The van der Waals surface area contributed by atoms with Crippen LogP contribution in [0.3, 0.4) is 0 Å². The van der Waals surface area contributed by atoms with E-state index < -0.39 is 0 Å². The maximum Gasteiger partial charge on any atom is 0.191 e. The standard InChI is InChI=1S/C17H34N4O.HI/c1-4-18-16(19-9-5-6-15-7-8-15)20-14-17(2,3)21-10-12-22-13-11-21;/h15H,4-14H2,1-3H3,(H2,18,19,20);1H. The first-order valence-corrected chi connectivity index (χ1v) is 8.97. The minimum Gasteiger partial charge on any atom is -0.379 e. The molecule has 0 aromatic rings. The zero-order valence-electron chi connectivity index (χ0n) is 15.1. The lowest BCUT2D eigenvalue weighted by Gasteiger charge is -2.39. The van der Waals surface area contributed by atoms with E-state index in [9.17, 15) is 0 Å². The van der Waals surface area contributed by atoms with Crippen molar-refractivity contribution in [2.75, 3.05) is 45.9 Å². The smallest absolute Gasteiger partial charge is 0.191 e. The molecule has 1 saturated heterocycles. The topological polar surface area (TPSA) is 48.9 Å². The van der Waals surface area contributed by atoms with Crippen molar-refractivity contribution in [2.45, 2.75) is 52.0 Å². The second kappa shape index (κ2) is 10.7. The van der Waals surface area contributed by atoms with Gasteiger partial charge in [0.1, 0.15) is 0 Å². The first-order valence-electron chi connectivity index (χ1n) is 8.97. The Balaban J connectivity index is 0.00000264. The summed E-state index contributed by atoms with van der Waals surface area (Å²) in [4.78, 5) is 7.29. The fraction of sp³-hybridized carbons (Fsp3) is 0.941. The van der Waals surface area contributed by atoms with Gasteiger partial charge in [-0.3, -0.25) is 9.89 Å². The molecule has 0 aromatic heterocycles. The van der Waals surface area contributed by atoms with Crippen molar-refractivity contribution in [3.8, 4) is 0 Å². The molecule has 23 heavy (non-hydrogen) atoms. The minimum absolute atomic E-state index is 0. The number of nitrogens with zero attached hydrogens (tertiary/aromatic N) is 2. The van der Waals surface area contributed by atoms with Crippen LogP contribution in [0.15, 0.2) is 4.99 Å². The van der Waals surface area contributed by atoms with Gasteiger partial charge in [0.05, 0.1) is 19.8 Å². The Morgan fingerprint density at radius 2 is 1.91 bits per heavy atom. The van der Waals surface area contributed by atoms with E-state index in [-0.39, 0.29) is 29.5 Å². The summed E-state index contributed by atoms with van der Waals surface area (Å²) in [6, 6.07) is 0. The Morgan fingerprint density at radius 1 is 1.22 bits per heavy atom. The van der Waals surface area contributed by atoms with E-state index in [4.69, 9.17) is 9.73 Å². The molecule has 2 N–H and O–H groups in total. The monoisotopic (exact) mass is 438 g/mol. The van der Waals surface area contributed by atoms with Crippen LogP contribution in [-0.2, 0) is 4.74 Å². The first kappa shape index (κ1) is 21.0. The molecular weight excluding hydrogens is 403 g/mol. The molecule has 1 heterocycles. The Kier molecular flexibility index (Phi) is 9.77. The Bertz CT molecular complexity index is 353. The molecule has 0 radical (unpaired) electrons. The van der Waals surface area contributed by atoms with Gasteiger partial charge >= 0.3 is 0 Å². The van der Waals surface area contributed by atoms with Crippen LogP contribution in [0.25, 0.3) is 0 Å². The molecule has 5 nitrogen and oxygen atoms in total. The molecule has 6 heteroatoms. The van der Waals surface area contributed by atoms with Crippen LogP contribution in [0.2, 0.25) is 0 Å². The lowest BCUT2D eigenvalue weighted by atomic mass is 10.0. The van der Waals surface area contributed by atoms with Crippen LogP contribution in [0, 0.1) is 5.92 Å². The summed E-state index contributed by atoms with van der Waals surface area (Å²) in [5.74, 6) is 1.97. The van der Waals surface area contributed by atoms with Crippen molar-refractivity contribution < 1.29 is 4.74 Å². The molecule has 2 fully saturated rings. The predicted octanol–water partition coefficient (Wildman–Crippen LogP) is 2.46. The van der Waals surface area contributed by atoms with Crippen LogP contribution < -0.4 is 10.6 Å². The van der Waals surface area contributed by atoms with Crippen molar-refractivity contribution in [1.29, 1.82) is 0 Å². The van der Waals surface area contributed by atoms with Crippen LogP contribution in [0.1, 0.15) is 46.5 Å². The highest BCUT2D eigenvalue weighted by molar-refractivity contribution is 14.0. The number of rotatable bonds is 8. The molecule has 0 amide bonds. The van der Waals surface area contributed by atoms with E-state index in [2.05, 4.69) is 36.3 Å². The number of halogens is 1. The highest BCUT2D eigenvalue weighted by Crippen LogP contribution is 2.33. The predicted molar refractivity (Wildman–Crippen MR) is 108 cm³/mol. The summed E-state index contributed by atoms with van der Waals surface area (Å²) >= 11 is 0. The second-order valence-electron chi connectivity index (χ2n) is 7.12. The molecule has 0 atom stereocenters. The van der Waals surface area contributed by atoms with Crippen LogP contribution in [0.5, 0.6) is 0 Å². The molecule has 1 aliphatic carbocycles. The number of morpholine rings is 1. The normalized spacial score (nSPS) is 20.0. The van der Waals surface area contributed by atoms with E-state index in [0.717, 1.165) is 57.8 Å². The summed E-state index contributed by atoms with van der Waals surface area (Å²) in [7, 11) is 0. The molecule has 0 spiro atoms. The van der Waals surface area contributed by atoms with Crippen molar-refractivity contribution in [3.05, 3.63) is 0 Å². The van der Waals surface area contributed by atoms with Crippen molar-refractivity contribution >= 4 is 29.9 Å². The summed E-state index contributed by atoms with van der Waals surface area (Å²) in [5.41, 5.74) is 0.0835. The maximum atomic E-state index is 5.45. The Labute approximate surface area is 159 Å². The number of hydrogen-bond donors (Lipinski definition) is 2. The van der Waals surface area contributed by atoms with E-state index in [0.29, 0.717) is 0 Å². The summed E-state index contributed by atoms with van der Waals surface area (Å²) in [6.07, 6.45) is 5.51. The molecule has 0 bridgehead atoms. The van der Waals surface area contributed by atoms with Crippen molar-refractivity contribution in [1.82, 2.24) is 15.5 Å². The lowest BCUT2D eigenvalue weighted by molar-refractivity contribution is -0.00683. The number of hydrogen-bond acceptors (Lipinski definition) is 3. The third kappa shape index (κ3) is 8.03. The van der Waals surface area contributed by atoms with E-state index in [1.54, 1.807) is 0 Å². The summed E-state index contributed by atoms with van der Waals surface area (Å²) in [5, 5.41) is 6.83. The average Bonchev–Trinajstić information content (AvgIpc) is 3.34. The third-order valence-corrected chi connectivity index (χ3v) is 4.61. The van der Waals surface area contributed by atoms with Crippen LogP contribution in [-0.4, -0.2) is 62.3 Å². The molecule has 0 aromatic carbocycles. The minimum atomic E-state index is 0. The molecule has 1 saturated carbocycles. The number of aliphatic imine (C=N–C) groups is 1. The molecule has 2 aliphatic rings. The fourth-order valence-corrected chi connectivity index (χ4v) is 2.89. The average molecular weight is 438 g/mol. The number of guanidine groups is 1. The van der Waals surface area contributed by atoms with Gasteiger partial charge < -0.3 is 15.4 Å². The first-order chi connectivity index (χ1) is 10.6. The summed E-state index contributed by atoms with van der Waals surface area (Å²) < 4.78 is 5.45. The maximum absolute atomic E-state index is 5.45. The quantitative estimate of drug-likeness (QED) is 0.265. The van der Waals surface area contributed by atoms with Crippen LogP contribution >= 0.6 is 24.0 Å². The molecule has 1 aliphatic heterocycles. The Hall–Kier alpha value is -0.0800. The van der Waals surface area contributed by atoms with Gasteiger partial charge in [-0.25, -0.2) is 0 Å². The van der Waals surface area contributed by atoms with Gasteiger partial charge in [-0.2, -0.15) is 0 Å².